The van der Waals surface area contributed by atoms with Crippen molar-refractivity contribution in [3.63, 3.8) is 0 Å². The van der Waals surface area contributed by atoms with E-state index in [0.717, 1.165) is 0 Å². The molecule has 1 N–H and O–H groups in total. The van der Waals surface area contributed by atoms with Gasteiger partial charge in [-0.25, -0.2) is 9.48 Å². The molecule has 0 spiro atoms. The molecule has 0 aliphatic carbocycles. The van der Waals surface area contributed by atoms with E-state index >= 15 is 0 Å². The summed E-state index contributed by atoms with van der Waals surface area (Å²) in [6, 6.07) is 19.0. The summed E-state index contributed by atoms with van der Waals surface area (Å²) in [5, 5.41) is 13.2. The number of ketones is 1. The molecule has 0 saturated carbocycles. The third-order valence-corrected chi connectivity index (χ3v) is 3.20. The van der Waals surface area contributed by atoms with Crippen molar-refractivity contribution >= 4 is 11.8 Å². The van der Waals surface area contributed by atoms with Crippen LogP contribution >= 0.6 is 0 Å². The van der Waals surface area contributed by atoms with E-state index in [1.807, 2.05) is 12.1 Å². The largest absolute Gasteiger partial charge is 0.476 e. The fraction of sp³-hybridized carbons (Fsp3) is 0. The van der Waals surface area contributed by atoms with Crippen molar-refractivity contribution in [2.24, 2.45) is 0 Å². The Balaban J connectivity index is 2.14. The Kier molecular flexibility index (Phi) is 3.53. The maximum absolute atomic E-state index is 12.6. The van der Waals surface area contributed by atoms with E-state index in [1.54, 1.807) is 48.5 Å². The zero-order valence-electron chi connectivity index (χ0n) is 11.5. The van der Waals surface area contributed by atoms with Crippen LogP contribution in [0.3, 0.4) is 0 Å². The Morgan fingerprint density at radius 3 is 2.09 bits per heavy atom. The van der Waals surface area contributed by atoms with Gasteiger partial charge in [-0.15, -0.1) is 0 Å². The number of hydrogen-bond donors (Lipinski definition) is 1. The molecule has 0 unspecified atom stereocenters. The summed E-state index contributed by atoms with van der Waals surface area (Å²) in [7, 11) is 0. The lowest BCUT2D eigenvalue weighted by Gasteiger charge is -2.06. The molecule has 108 valence electrons. The lowest BCUT2D eigenvalue weighted by molar-refractivity contribution is 0.0690. The molecule has 0 fully saturated rings. The molecule has 0 aliphatic rings. The van der Waals surface area contributed by atoms with Gasteiger partial charge >= 0.3 is 5.97 Å². The van der Waals surface area contributed by atoms with Gasteiger partial charge in [0.1, 0.15) is 5.69 Å². The summed E-state index contributed by atoms with van der Waals surface area (Å²) in [4.78, 5) is 23.8. The molecule has 3 rings (SSSR count). The topological polar surface area (TPSA) is 72.2 Å². The third-order valence-electron chi connectivity index (χ3n) is 3.20. The van der Waals surface area contributed by atoms with E-state index in [4.69, 9.17) is 5.11 Å². The number of rotatable bonds is 4. The van der Waals surface area contributed by atoms with Crippen molar-refractivity contribution in [1.82, 2.24) is 9.78 Å². The van der Waals surface area contributed by atoms with E-state index in [2.05, 4.69) is 5.10 Å². The summed E-state index contributed by atoms with van der Waals surface area (Å²) < 4.78 is 1.36. The number of carbonyl (C=O) groups excluding carboxylic acids is 1. The number of benzene rings is 2. The molecule has 0 aliphatic heterocycles. The molecule has 1 aromatic heterocycles. The van der Waals surface area contributed by atoms with Crippen LogP contribution in [-0.2, 0) is 0 Å². The van der Waals surface area contributed by atoms with Gasteiger partial charge in [-0.3, -0.25) is 4.79 Å². The lowest BCUT2D eigenvalue weighted by atomic mass is 10.1. The first-order valence-corrected chi connectivity index (χ1v) is 6.65. The number of para-hydroxylation sites is 1. The van der Waals surface area contributed by atoms with Crippen LogP contribution in [0.5, 0.6) is 0 Å². The molecule has 0 radical (unpaired) electrons. The van der Waals surface area contributed by atoms with Crippen molar-refractivity contribution in [3.05, 3.63) is 83.7 Å². The molecule has 0 saturated heterocycles. The summed E-state index contributed by atoms with van der Waals surface area (Å²) in [6.45, 7) is 0. The minimum atomic E-state index is -1.17. The molecule has 0 amide bonds. The Bertz CT molecular complexity index is 824. The molecule has 22 heavy (non-hydrogen) atoms. The number of nitrogens with zero attached hydrogens (tertiary/aromatic N) is 2. The average Bonchev–Trinajstić information content (AvgIpc) is 3.01. The Labute approximate surface area is 126 Å². The van der Waals surface area contributed by atoms with Gasteiger partial charge in [-0.05, 0) is 12.1 Å². The Hall–Kier alpha value is -3.21. The van der Waals surface area contributed by atoms with Gasteiger partial charge in [0.2, 0.25) is 5.78 Å². The predicted octanol–water partition coefficient (Wildman–Crippen LogP) is 2.80. The first kappa shape index (κ1) is 13.8. The number of aromatic carboxylic acids is 1. The minimum absolute atomic E-state index is 0.164. The van der Waals surface area contributed by atoms with E-state index in [9.17, 15) is 9.59 Å². The van der Waals surface area contributed by atoms with Gasteiger partial charge in [-0.1, -0.05) is 48.5 Å². The highest BCUT2D eigenvalue weighted by molar-refractivity contribution is 6.09. The zero-order valence-corrected chi connectivity index (χ0v) is 11.5. The van der Waals surface area contributed by atoms with Crippen LogP contribution in [0, 0.1) is 0 Å². The summed E-state index contributed by atoms with van der Waals surface area (Å²) in [5.41, 5.74) is 1.17. The quantitative estimate of drug-likeness (QED) is 0.750. The molecule has 5 heteroatoms. The third kappa shape index (κ3) is 2.52. The molecule has 3 aromatic rings. The molecular weight excluding hydrogens is 280 g/mol. The monoisotopic (exact) mass is 292 g/mol. The van der Waals surface area contributed by atoms with Gasteiger partial charge in [0, 0.05) is 11.6 Å². The van der Waals surface area contributed by atoms with Crippen LogP contribution in [0.15, 0.2) is 66.7 Å². The average molecular weight is 292 g/mol. The standard InChI is InChI=1S/C17H12N2O3/c20-16(12-7-3-1-4-8-12)15-11-14(17(21)22)18-19(15)13-9-5-2-6-10-13/h1-11H,(H,21,22). The summed E-state index contributed by atoms with van der Waals surface area (Å²) in [5.74, 6) is -1.44. The molecular formula is C17H12N2O3. The SMILES string of the molecule is O=C(O)c1cc(C(=O)c2ccccc2)n(-c2ccccc2)n1. The first-order valence-electron chi connectivity index (χ1n) is 6.65. The Morgan fingerprint density at radius 1 is 0.909 bits per heavy atom. The Morgan fingerprint density at radius 2 is 1.50 bits per heavy atom. The van der Waals surface area contributed by atoms with Gasteiger partial charge in [0.25, 0.3) is 0 Å². The molecule has 1 heterocycles. The van der Waals surface area contributed by atoms with Crippen molar-refractivity contribution < 1.29 is 14.7 Å². The number of hydrogen-bond acceptors (Lipinski definition) is 3. The van der Waals surface area contributed by atoms with Crippen molar-refractivity contribution in [2.45, 2.75) is 0 Å². The first-order chi connectivity index (χ1) is 10.7. The van der Waals surface area contributed by atoms with Gasteiger partial charge in [0.05, 0.1) is 5.69 Å². The maximum Gasteiger partial charge on any atom is 0.356 e. The highest BCUT2D eigenvalue weighted by Crippen LogP contribution is 2.16. The van der Waals surface area contributed by atoms with Gasteiger partial charge in [0.15, 0.2) is 5.69 Å². The fourth-order valence-electron chi connectivity index (χ4n) is 2.15. The second-order valence-corrected chi connectivity index (χ2v) is 4.66. The van der Waals surface area contributed by atoms with E-state index in [-0.39, 0.29) is 17.2 Å². The van der Waals surface area contributed by atoms with Crippen LogP contribution < -0.4 is 0 Å². The van der Waals surface area contributed by atoms with Gasteiger partial charge in [-0.2, -0.15) is 5.10 Å². The highest BCUT2D eigenvalue weighted by Gasteiger charge is 2.20. The highest BCUT2D eigenvalue weighted by atomic mass is 16.4. The second kappa shape index (κ2) is 5.65. The van der Waals surface area contributed by atoms with Crippen LogP contribution in [0.25, 0.3) is 5.69 Å². The van der Waals surface area contributed by atoms with Crippen LogP contribution in [0.1, 0.15) is 26.5 Å². The van der Waals surface area contributed by atoms with E-state index < -0.39 is 5.97 Å². The summed E-state index contributed by atoms with van der Waals surface area (Å²) in [6.07, 6.45) is 0. The minimum Gasteiger partial charge on any atom is -0.476 e. The van der Waals surface area contributed by atoms with Crippen molar-refractivity contribution in [2.75, 3.05) is 0 Å². The molecule has 0 bridgehead atoms. The second-order valence-electron chi connectivity index (χ2n) is 4.66. The van der Waals surface area contributed by atoms with Crippen molar-refractivity contribution in [3.8, 4) is 5.69 Å². The number of carboxylic acids is 1. The molecule has 5 nitrogen and oxygen atoms in total. The van der Waals surface area contributed by atoms with Crippen LogP contribution in [0.4, 0.5) is 0 Å². The van der Waals surface area contributed by atoms with E-state index in [0.29, 0.717) is 11.3 Å². The fourth-order valence-corrected chi connectivity index (χ4v) is 2.15. The predicted molar refractivity (Wildman–Crippen MR) is 80.4 cm³/mol. The molecule has 2 aromatic carbocycles. The normalized spacial score (nSPS) is 10.4. The van der Waals surface area contributed by atoms with Crippen LogP contribution in [0.2, 0.25) is 0 Å². The number of carbonyl (C=O) groups is 2. The van der Waals surface area contributed by atoms with E-state index in [1.165, 1.54) is 10.7 Å². The summed E-state index contributed by atoms with van der Waals surface area (Å²) >= 11 is 0. The number of aromatic nitrogens is 2. The van der Waals surface area contributed by atoms with Gasteiger partial charge < -0.3 is 5.11 Å². The maximum atomic E-state index is 12.6. The lowest BCUT2D eigenvalue weighted by Crippen LogP contribution is -2.10. The van der Waals surface area contributed by atoms with Crippen molar-refractivity contribution in [1.29, 1.82) is 0 Å². The number of carboxylic acid groups (broad SMARTS) is 1. The smallest absolute Gasteiger partial charge is 0.356 e. The molecule has 0 atom stereocenters. The van der Waals surface area contributed by atoms with Crippen LogP contribution in [-0.4, -0.2) is 26.6 Å². The zero-order chi connectivity index (χ0) is 15.5.